The largest absolute Gasteiger partial charge is 0.493 e. The minimum absolute atomic E-state index is 0.0972. The van der Waals surface area contributed by atoms with Crippen molar-refractivity contribution in [2.45, 2.75) is 19.5 Å². The Morgan fingerprint density at radius 2 is 1.81 bits per heavy atom. The Morgan fingerprint density at radius 1 is 1.15 bits per heavy atom. The first kappa shape index (κ1) is 19.0. The van der Waals surface area contributed by atoms with Crippen LogP contribution in [0.25, 0.3) is 0 Å². The van der Waals surface area contributed by atoms with Gasteiger partial charge in [-0.25, -0.2) is 4.68 Å². The van der Waals surface area contributed by atoms with Crippen LogP contribution < -0.4 is 19.5 Å². The van der Waals surface area contributed by atoms with Gasteiger partial charge in [0.15, 0.2) is 11.5 Å². The van der Waals surface area contributed by atoms with Crippen LogP contribution in [0, 0.1) is 0 Å². The highest BCUT2D eigenvalue weighted by Gasteiger charge is 2.15. The molecule has 2 N–H and O–H groups in total. The summed E-state index contributed by atoms with van der Waals surface area (Å²) in [6.07, 6.45) is 1.56. The summed E-state index contributed by atoms with van der Waals surface area (Å²) < 4.78 is 16.9. The van der Waals surface area contributed by atoms with Crippen molar-refractivity contribution in [3.05, 3.63) is 29.6 Å². The van der Waals surface area contributed by atoms with Crippen molar-refractivity contribution >= 4 is 11.9 Å². The molecule has 140 valence electrons. The Bertz CT molecular complexity index is 764. The molecule has 0 unspecified atom stereocenters. The second kappa shape index (κ2) is 8.70. The molecule has 0 radical (unpaired) electrons. The number of rotatable bonds is 9. The monoisotopic (exact) mass is 364 g/mol. The van der Waals surface area contributed by atoms with Gasteiger partial charge >= 0.3 is 5.97 Å². The number of nitrogens with zero attached hydrogens (tertiary/aromatic N) is 3. The SMILES string of the molecule is COc1cc(CC(=O)NCc2cn(CC(=O)O)nn2)cc(OC)c1OC. The Kier molecular flexibility index (Phi) is 6.36. The number of aliphatic carboxylic acids is 1. The zero-order valence-electron chi connectivity index (χ0n) is 14.7. The molecule has 10 nitrogen and oxygen atoms in total. The number of amides is 1. The molecule has 1 aromatic heterocycles. The molecule has 0 aliphatic rings. The van der Waals surface area contributed by atoms with Crippen molar-refractivity contribution in [2.75, 3.05) is 21.3 Å². The molecule has 1 amide bonds. The van der Waals surface area contributed by atoms with Crippen LogP contribution >= 0.6 is 0 Å². The molecule has 0 atom stereocenters. The van der Waals surface area contributed by atoms with E-state index in [-0.39, 0.29) is 25.4 Å². The van der Waals surface area contributed by atoms with Gasteiger partial charge in [0, 0.05) is 0 Å². The highest BCUT2D eigenvalue weighted by atomic mass is 16.5. The van der Waals surface area contributed by atoms with E-state index in [4.69, 9.17) is 19.3 Å². The number of carbonyl (C=O) groups is 2. The number of hydrogen-bond donors (Lipinski definition) is 2. The molecule has 0 saturated carbocycles. The van der Waals surface area contributed by atoms with E-state index in [0.717, 1.165) is 0 Å². The second-order valence-electron chi connectivity index (χ2n) is 5.29. The first-order valence-corrected chi connectivity index (χ1v) is 7.63. The first-order chi connectivity index (χ1) is 12.5. The highest BCUT2D eigenvalue weighted by molar-refractivity contribution is 5.79. The third-order valence-corrected chi connectivity index (χ3v) is 3.44. The normalized spacial score (nSPS) is 10.3. The maximum absolute atomic E-state index is 12.2. The Morgan fingerprint density at radius 3 is 2.35 bits per heavy atom. The minimum Gasteiger partial charge on any atom is -0.493 e. The van der Waals surface area contributed by atoms with Crippen LogP contribution in [0.5, 0.6) is 17.2 Å². The third-order valence-electron chi connectivity index (χ3n) is 3.44. The Labute approximate surface area is 149 Å². The van der Waals surface area contributed by atoms with Gasteiger partial charge in [-0.15, -0.1) is 5.10 Å². The van der Waals surface area contributed by atoms with Crippen LogP contribution in [-0.2, 0) is 29.1 Å². The Hall–Kier alpha value is -3.30. The lowest BCUT2D eigenvalue weighted by atomic mass is 10.1. The van der Waals surface area contributed by atoms with Crippen molar-refractivity contribution in [1.82, 2.24) is 20.3 Å². The fraction of sp³-hybridized carbons (Fsp3) is 0.375. The van der Waals surface area contributed by atoms with Gasteiger partial charge in [-0.05, 0) is 17.7 Å². The summed E-state index contributed by atoms with van der Waals surface area (Å²) in [7, 11) is 4.51. The predicted octanol–water partition coefficient (Wildman–Crippen LogP) is 0.247. The molecule has 2 rings (SSSR count). The third kappa shape index (κ3) is 4.85. The molecular weight excluding hydrogens is 344 g/mol. The van der Waals surface area contributed by atoms with Crippen molar-refractivity contribution < 1.29 is 28.9 Å². The molecule has 0 spiro atoms. The summed E-state index contributed by atoms with van der Waals surface area (Å²) >= 11 is 0. The molecule has 10 heteroatoms. The lowest BCUT2D eigenvalue weighted by molar-refractivity contribution is -0.138. The molecule has 0 aliphatic carbocycles. The molecule has 26 heavy (non-hydrogen) atoms. The average molecular weight is 364 g/mol. The number of carbonyl (C=O) groups excluding carboxylic acids is 1. The van der Waals surface area contributed by atoms with E-state index in [2.05, 4.69) is 15.6 Å². The topological polar surface area (TPSA) is 125 Å². The van der Waals surface area contributed by atoms with Gasteiger partial charge in [-0.1, -0.05) is 5.21 Å². The van der Waals surface area contributed by atoms with Gasteiger partial charge in [-0.3, -0.25) is 9.59 Å². The van der Waals surface area contributed by atoms with Crippen molar-refractivity contribution in [1.29, 1.82) is 0 Å². The minimum atomic E-state index is -1.02. The zero-order valence-corrected chi connectivity index (χ0v) is 14.7. The molecule has 2 aromatic rings. The zero-order chi connectivity index (χ0) is 19.1. The number of carboxylic acids is 1. The lowest BCUT2D eigenvalue weighted by Gasteiger charge is -2.14. The fourth-order valence-corrected chi connectivity index (χ4v) is 2.31. The summed E-state index contributed by atoms with van der Waals surface area (Å²) in [4.78, 5) is 22.8. The molecule has 0 saturated heterocycles. The number of benzene rings is 1. The van der Waals surface area contributed by atoms with Gasteiger partial charge in [-0.2, -0.15) is 0 Å². The summed E-state index contributed by atoms with van der Waals surface area (Å²) in [5.74, 6) is 0.117. The molecule has 1 heterocycles. The number of nitrogens with one attached hydrogen (secondary N) is 1. The fourth-order valence-electron chi connectivity index (χ4n) is 2.31. The van der Waals surface area contributed by atoms with E-state index in [9.17, 15) is 9.59 Å². The Balaban J connectivity index is 1.99. The number of hydrogen-bond acceptors (Lipinski definition) is 7. The van der Waals surface area contributed by atoms with E-state index >= 15 is 0 Å². The second-order valence-corrected chi connectivity index (χ2v) is 5.29. The smallest absolute Gasteiger partial charge is 0.325 e. The summed E-state index contributed by atoms with van der Waals surface area (Å²) in [5.41, 5.74) is 1.15. The van der Waals surface area contributed by atoms with Gasteiger partial charge in [0.25, 0.3) is 0 Å². The number of ether oxygens (including phenoxy) is 3. The summed E-state index contributed by atoms with van der Waals surface area (Å²) in [6, 6.07) is 3.40. The van der Waals surface area contributed by atoms with Crippen molar-refractivity contribution in [3.8, 4) is 17.2 Å². The average Bonchev–Trinajstić information content (AvgIpc) is 3.05. The van der Waals surface area contributed by atoms with Gasteiger partial charge in [0.2, 0.25) is 11.7 Å². The van der Waals surface area contributed by atoms with E-state index in [0.29, 0.717) is 28.5 Å². The first-order valence-electron chi connectivity index (χ1n) is 7.63. The summed E-state index contributed by atoms with van der Waals surface area (Å²) in [5, 5.41) is 18.9. The van der Waals surface area contributed by atoms with Crippen LogP contribution in [0.1, 0.15) is 11.3 Å². The van der Waals surface area contributed by atoms with Crippen molar-refractivity contribution in [3.63, 3.8) is 0 Å². The number of methoxy groups -OCH3 is 3. The van der Waals surface area contributed by atoms with Crippen LogP contribution in [0.4, 0.5) is 0 Å². The molecule has 0 aliphatic heterocycles. The van der Waals surface area contributed by atoms with Gasteiger partial charge in [0.05, 0.1) is 40.5 Å². The van der Waals surface area contributed by atoms with E-state index < -0.39 is 5.97 Å². The highest BCUT2D eigenvalue weighted by Crippen LogP contribution is 2.38. The maximum atomic E-state index is 12.2. The molecule has 0 fully saturated rings. The van der Waals surface area contributed by atoms with Gasteiger partial charge in [0.1, 0.15) is 12.2 Å². The molecular formula is C16H20N4O6. The van der Waals surface area contributed by atoms with E-state index in [1.54, 1.807) is 12.1 Å². The maximum Gasteiger partial charge on any atom is 0.325 e. The quantitative estimate of drug-likeness (QED) is 0.649. The standard InChI is InChI=1S/C16H20N4O6/c1-24-12-4-10(5-13(25-2)16(12)26-3)6-14(21)17-7-11-8-20(19-18-11)9-15(22)23/h4-5,8H,6-7,9H2,1-3H3,(H,17,21)(H,22,23). The molecule has 1 aromatic carbocycles. The van der Waals surface area contributed by atoms with Crippen molar-refractivity contribution in [2.24, 2.45) is 0 Å². The summed E-state index contributed by atoms with van der Waals surface area (Å²) in [6.45, 7) is -0.144. The lowest BCUT2D eigenvalue weighted by Crippen LogP contribution is -2.24. The van der Waals surface area contributed by atoms with Gasteiger partial charge < -0.3 is 24.6 Å². The van der Waals surface area contributed by atoms with Crippen LogP contribution in [-0.4, -0.2) is 53.3 Å². The molecule has 0 bridgehead atoms. The predicted molar refractivity (Wildman–Crippen MR) is 89.3 cm³/mol. The van der Waals surface area contributed by atoms with Crippen LogP contribution in [0.2, 0.25) is 0 Å². The van der Waals surface area contributed by atoms with E-state index in [1.165, 1.54) is 32.2 Å². The van der Waals surface area contributed by atoms with Crippen LogP contribution in [0.3, 0.4) is 0 Å². The van der Waals surface area contributed by atoms with E-state index in [1.807, 2.05) is 0 Å². The number of aromatic nitrogens is 3. The number of carboxylic acid groups (broad SMARTS) is 1. The van der Waals surface area contributed by atoms with Crippen LogP contribution in [0.15, 0.2) is 18.3 Å².